The van der Waals surface area contributed by atoms with Crippen LogP contribution in [0, 0.1) is 17.8 Å². The maximum absolute atomic E-state index is 15.2. The number of carbonyl (C=O) groups is 3. The summed E-state index contributed by atoms with van der Waals surface area (Å²) in [5, 5.41) is 105. The van der Waals surface area contributed by atoms with Crippen LogP contribution in [-0.2, 0) is 121 Å². The fourth-order valence-electron chi connectivity index (χ4n) is 14.8. The van der Waals surface area contributed by atoms with Gasteiger partial charge in [-0.1, -0.05) is 260 Å². The van der Waals surface area contributed by atoms with Crippen molar-refractivity contribution in [1.82, 2.24) is 13.7 Å². The molecule has 111 heavy (non-hydrogen) atoms. The Morgan fingerprint density at radius 2 is 0.441 bits per heavy atom. The number of carboxylic acid groups (broad SMARTS) is 3. The van der Waals surface area contributed by atoms with Crippen molar-refractivity contribution in [2.45, 2.75) is 313 Å². The van der Waals surface area contributed by atoms with Crippen LogP contribution in [-0.4, -0.2) is 77.6 Å². The lowest BCUT2D eigenvalue weighted by atomic mass is 9.77. The number of carboxylic acids is 3. The molecule has 0 aliphatic carbocycles. The Labute approximate surface area is 658 Å². The van der Waals surface area contributed by atoms with Crippen LogP contribution >= 0.6 is 0 Å². The van der Waals surface area contributed by atoms with E-state index in [1.54, 1.807) is 36.4 Å². The van der Waals surface area contributed by atoms with Crippen LogP contribution in [0.1, 0.15) is 306 Å². The third-order valence-corrected chi connectivity index (χ3v) is 21.9. The van der Waals surface area contributed by atoms with Gasteiger partial charge in [0.25, 0.3) is 0 Å². The zero-order valence-electron chi connectivity index (χ0n) is 71.5. The van der Waals surface area contributed by atoms with Crippen molar-refractivity contribution in [1.29, 1.82) is 0 Å². The summed E-state index contributed by atoms with van der Waals surface area (Å²) in [6.07, 6.45) is -1.30. The molecule has 1 heterocycles. The number of phenols is 6. The molecule has 7 aromatic rings. The lowest BCUT2D eigenvalue weighted by molar-refractivity contribution is -0.143. The van der Waals surface area contributed by atoms with Gasteiger partial charge in [-0.2, -0.15) is 0 Å². The monoisotopic (exact) mass is 1530 g/mol. The van der Waals surface area contributed by atoms with E-state index in [1.165, 1.54) is 0 Å². The molecule has 606 valence electrons. The van der Waals surface area contributed by atoms with E-state index in [-0.39, 0.29) is 109 Å². The number of rotatable bonds is 24. The average molecular weight is 1530 g/mol. The molecule has 0 amide bonds. The van der Waals surface area contributed by atoms with Crippen LogP contribution in [0.3, 0.4) is 0 Å². The molecule has 0 bridgehead atoms. The lowest BCUT2D eigenvalue weighted by Gasteiger charge is -2.28. The van der Waals surface area contributed by atoms with E-state index in [0.717, 1.165) is 47.1 Å². The summed E-state index contributed by atoms with van der Waals surface area (Å²) >= 11 is 0. The van der Waals surface area contributed by atoms with E-state index in [4.69, 9.17) is 0 Å². The third-order valence-electron chi connectivity index (χ3n) is 21.9. The summed E-state index contributed by atoms with van der Waals surface area (Å²) in [5.74, 6) is -7.56. The number of phenolic OH excluding ortho intramolecular Hbond substituents is 6. The van der Waals surface area contributed by atoms with Gasteiger partial charge in [0.15, 0.2) is 0 Å². The van der Waals surface area contributed by atoms with E-state index in [9.17, 15) is 60.3 Å². The van der Waals surface area contributed by atoms with Gasteiger partial charge in [-0.25, -0.2) is 28.1 Å². The molecule has 18 heteroatoms. The van der Waals surface area contributed by atoms with Gasteiger partial charge >= 0.3 is 35.0 Å². The van der Waals surface area contributed by atoms with Gasteiger partial charge in [-0.05, 0) is 187 Å². The number of hydrogen-bond donors (Lipinski definition) is 9. The van der Waals surface area contributed by atoms with Crippen molar-refractivity contribution in [2.75, 3.05) is 0 Å². The minimum atomic E-state index is -1.30. The molecule has 9 N–H and O–H groups in total. The normalized spacial score (nSPS) is 13.9. The fraction of sp³-hybridized carbons (Fsp3) is 0.548. The molecular weight excluding hydrogens is 1400 g/mol. The van der Waals surface area contributed by atoms with Gasteiger partial charge in [-0.3, -0.25) is 14.4 Å². The lowest BCUT2D eigenvalue weighted by Crippen LogP contribution is -2.55. The van der Waals surface area contributed by atoms with Crippen molar-refractivity contribution in [2.24, 2.45) is 17.8 Å². The molecule has 3 unspecified atom stereocenters. The maximum atomic E-state index is 15.2. The molecule has 6 aromatic carbocycles. The fourth-order valence-corrected chi connectivity index (χ4v) is 14.8. The number of aromatic hydroxyl groups is 6. The molecular formula is C93H129N3O15. The predicted octanol–water partition coefficient (Wildman–Crippen LogP) is 17.9. The number of hydrogen-bond acceptors (Lipinski definition) is 12. The van der Waals surface area contributed by atoms with Crippen LogP contribution in [0.2, 0.25) is 0 Å². The summed E-state index contributed by atoms with van der Waals surface area (Å²) in [4.78, 5) is 86.6. The Bertz CT molecular complexity index is 4350. The summed E-state index contributed by atoms with van der Waals surface area (Å²) in [6.45, 7) is 52.3. The first-order chi connectivity index (χ1) is 50.4. The summed E-state index contributed by atoms with van der Waals surface area (Å²) < 4.78 is 2.24. The number of nitrogens with zero attached hydrogens (tertiary/aromatic N) is 3. The van der Waals surface area contributed by atoms with Crippen LogP contribution in [0.4, 0.5) is 0 Å². The second-order valence-electron chi connectivity index (χ2n) is 40.7. The van der Waals surface area contributed by atoms with Gasteiger partial charge in [-0.15, -0.1) is 0 Å². The summed E-state index contributed by atoms with van der Waals surface area (Å²) in [5.41, 5.74) is 3.36. The molecule has 0 saturated carbocycles. The van der Waals surface area contributed by atoms with E-state index >= 15 is 14.4 Å². The van der Waals surface area contributed by atoms with Crippen molar-refractivity contribution in [3.8, 4) is 34.5 Å². The molecule has 0 fully saturated rings. The Balaban J connectivity index is 1.34. The highest BCUT2D eigenvalue weighted by molar-refractivity contribution is 5.72. The number of aromatic nitrogens is 3. The van der Waals surface area contributed by atoms with Gasteiger partial charge in [0.2, 0.25) is 0 Å². The standard InChI is InChI=1S/C93H129N3O15/c1-85(2,3)64-46-61(76(100)70(49-64)91(19,20)21)43-58-37-52(40-67(73(58)97)88(10,11)12)34-55(79(103)104)28-31-94-82(109)95(32-29-56(80(105)106)35-53-38-59(74(98)68(41-53)89(13,14)15)44-62-47-65(86(4,5)6)50-71(77(62)101)92(22,23)24)84(111)96(83(94)110)33-30-57(81(107)108)36-54-39-60(75(99)69(42-54)90(16,17)18)45-63-48-66(87(7,8)9)51-72(78(63)102)93(25,26)27/h37-42,46-51,55-57,97-102H,28-36,43-45H2,1-27H3,(H,103,104)(H,105,106)(H,107,108). The van der Waals surface area contributed by atoms with Gasteiger partial charge < -0.3 is 46.0 Å². The van der Waals surface area contributed by atoms with Crippen molar-refractivity contribution in [3.63, 3.8) is 0 Å². The summed E-state index contributed by atoms with van der Waals surface area (Å²) in [7, 11) is 0. The Morgan fingerprint density at radius 1 is 0.270 bits per heavy atom. The van der Waals surface area contributed by atoms with E-state index in [2.05, 4.69) is 62.3 Å². The highest BCUT2D eigenvalue weighted by Crippen LogP contribution is 2.46. The molecule has 0 spiro atoms. The van der Waals surface area contributed by atoms with Crippen molar-refractivity contribution < 1.29 is 60.3 Å². The van der Waals surface area contributed by atoms with Gasteiger partial charge in [0.1, 0.15) is 34.5 Å². The molecule has 0 saturated heterocycles. The van der Waals surface area contributed by atoms with E-state index < -0.39 is 105 Å². The summed E-state index contributed by atoms with van der Waals surface area (Å²) in [6, 6.07) is 22.1. The smallest absolute Gasteiger partial charge is 0.336 e. The largest absolute Gasteiger partial charge is 0.507 e. The Kier molecular flexibility index (Phi) is 25.9. The van der Waals surface area contributed by atoms with Crippen molar-refractivity contribution in [3.05, 3.63) is 204 Å². The Morgan fingerprint density at radius 3 is 0.604 bits per heavy atom. The van der Waals surface area contributed by atoms with E-state index in [1.807, 2.05) is 161 Å². The first kappa shape index (κ1) is 89.1. The second-order valence-corrected chi connectivity index (χ2v) is 40.7. The highest BCUT2D eigenvalue weighted by Gasteiger charge is 2.35. The van der Waals surface area contributed by atoms with E-state index in [0.29, 0.717) is 66.8 Å². The van der Waals surface area contributed by atoms with Gasteiger partial charge in [0.05, 0.1) is 17.8 Å². The molecule has 3 atom stereocenters. The number of aliphatic carboxylic acids is 3. The average Bonchev–Trinajstić information content (AvgIpc) is 0.785. The number of benzene rings is 6. The molecule has 1 aromatic heterocycles. The van der Waals surface area contributed by atoms with Crippen LogP contribution in [0.5, 0.6) is 34.5 Å². The topological polar surface area (TPSA) is 299 Å². The third kappa shape index (κ3) is 21.2. The molecule has 0 aliphatic heterocycles. The van der Waals surface area contributed by atoms with Crippen molar-refractivity contribution >= 4 is 17.9 Å². The highest BCUT2D eigenvalue weighted by atomic mass is 16.4. The first-order valence-electron chi connectivity index (χ1n) is 39.2. The van der Waals surface area contributed by atoms with Gasteiger partial charge in [0, 0.05) is 38.9 Å². The molecule has 7 rings (SSSR count). The zero-order valence-corrected chi connectivity index (χ0v) is 71.5. The van der Waals surface area contributed by atoms with Crippen LogP contribution in [0.15, 0.2) is 87.2 Å². The molecule has 0 radical (unpaired) electrons. The Hall–Kier alpha value is -9.06. The predicted molar refractivity (Wildman–Crippen MR) is 443 cm³/mol. The quantitative estimate of drug-likeness (QED) is 0.0272. The molecule has 18 nitrogen and oxygen atoms in total. The minimum Gasteiger partial charge on any atom is -0.507 e. The SMILES string of the molecule is CC(C)(C)c1cc(Cc2cc(CC(CCn3c(=O)n(CCC(Cc4cc(Cc5cc(C(C)(C)C)cc(C(C)(C)C)c5O)c(O)c(C(C)(C)C)c4)C(=O)O)c(=O)n(CCC(Cc4cc(Cc5cc(C(C)(C)C)cc(C(C)(C)C)c5O)c(O)c(C(C)(C)C)c4)C(=O)O)c3=O)C(=O)O)cc(C(C)(C)C)c2O)c(O)c(C(C)(C)C)c1. The second kappa shape index (κ2) is 32.2. The van der Waals surface area contributed by atoms with Crippen LogP contribution < -0.4 is 17.1 Å². The maximum Gasteiger partial charge on any atom is 0.336 e. The molecule has 0 aliphatic rings. The van der Waals surface area contributed by atoms with Crippen LogP contribution in [0.25, 0.3) is 0 Å². The first-order valence-corrected chi connectivity index (χ1v) is 39.2. The zero-order chi connectivity index (χ0) is 84.3. The minimum absolute atomic E-state index is 0.0205.